The summed E-state index contributed by atoms with van der Waals surface area (Å²) in [7, 11) is 1.22. The summed E-state index contributed by atoms with van der Waals surface area (Å²) in [6.07, 6.45) is 0. The van der Waals surface area contributed by atoms with E-state index < -0.39 is 10.9 Å². The highest BCUT2D eigenvalue weighted by Crippen LogP contribution is 2.20. The van der Waals surface area contributed by atoms with Gasteiger partial charge in [0.1, 0.15) is 5.56 Å². The Kier molecular flexibility index (Phi) is 4.32. The van der Waals surface area contributed by atoms with Crippen molar-refractivity contribution < 1.29 is 14.5 Å². The second-order valence-corrected chi connectivity index (χ2v) is 4.10. The van der Waals surface area contributed by atoms with Crippen LogP contribution in [0.3, 0.4) is 0 Å². The van der Waals surface area contributed by atoms with Gasteiger partial charge in [-0.15, -0.1) is 0 Å². The van der Waals surface area contributed by atoms with Crippen molar-refractivity contribution in [1.82, 2.24) is 0 Å². The SMILES string of the molecule is COC(=O)c1ccc(C#Cc2ccccc2)c([N+](=O)[O-])c1. The summed E-state index contributed by atoms with van der Waals surface area (Å²) < 4.78 is 4.54. The first-order chi connectivity index (χ1) is 10.1. The number of hydrogen-bond acceptors (Lipinski definition) is 4. The topological polar surface area (TPSA) is 69.4 Å². The number of nitro benzene ring substituents is 1. The van der Waals surface area contributed by atoms with Crippen molar-refractivity contribution in [2.24, 2.45) is 0 Å². The molecule has 0 unspecified atom stereocenters. The Hall–Kier alpha value is -3.13. The van der Waals surface area contributed by atoms with Gasteiger partial charge in [-0.05, 0) is 24.3 Å². The molecule has 2 rings (SSSR count). The fourth-order valence-corrected chi connectivity index (χ4v) is 1.69. The molecule has 104 valence electrons. The minimum Gasteiger partial charge on any atom is -0.465 e. The average Bonchev–Trinajstić information content (AvgIpc) is 2.52. The van der Waals surface area contributed by atoms with Crippen LogP contribution >= 0.6 is 0 Å². The van der Waals surface area contributed by atoms with Crippen LogP contribution in [0.5, 0.6) is 0 Å². The number of carbonyl (C=O) groups excluding carboxylic acids is 1. The summed E-state index contributed by atoms with van der Waals surface area (Å²) in [5.41, 5.74) is 0.899. The molecule has 0 saturated carbocycles. The Bertz CT molecular complexity index is 742. The predicted octanol–water partition coefficient (Wildman–Crippen LogP) is 2.78. The van der Waals surface area contributed by atoms with E-state index in [9.17, 15) is 14.9 Å². The van der Waals surface area contributed by atoms with Crippen molar-refractivity contribution in [1.29, 1.82) is 0 Å². The second-order valence-electron chi connectivity index (χ2n) is 4.10. The molecule has 0 amide bonds. The number of rotatable bonds is 2. The monoisotopic (exact) mass is 281 g/mol. The Labute approximate surface area is 121 Å². The molecule has 0 aromatic heterocycles. The molecule has 0 heterocycles. The van der Waals surface area contributed by atoms with Crippen molar-refractivity contribution in [3.8, 4) is 11.8 Å². The maximum absolute atomic E-state index is 11.4. The van der Waals surface area contributed by atoms with Crippen molar-refractivity contribution in [2.45, 2.75) is 0 Å². The molecular weight excluding hydrogens is 270 g/mol. The summed E-state index contributed by atoms with van der Waals surface area (Å²) in [6, 6.07) is 13.2. The van der Waals surface area contributed by atoms with E-state index in [1.54, 1.807) is 0 Å². The highest BCUT2D eigenvalue weighted by atomic mass is 16.6. The quantitative estimate of drug-likeness (QED) is 0.367. The summed E-state index contributed by atoms with van der Waals surface area (Å²) in [6.45, 7) is 0. The molecule has 2 aromatic carbocycles. The van der Waals surface area contributed by atoms with Gasteiger partial charge in [-0.25, -0.2) is 4.79 Å². The third-order valence-corrected chi connectivity index (χ3v) is 2.73. The van der Waals surface area contributed by atoms with E-state index in [1.807, 2.05) is 30.3 Å². The van der Waals surface area contributed by atoms with E-state index in [1.165, 1.54) is 25.3 Å². The van der Waals surface area contributed by atoms with Crippen molar-refractivity contribution in [2.75, 3.05) is 7.11 Å². The average molecular weight is 281 g/mol. The number of benzene rings is 2. The van der Waals surface area contributed by atoms with Crippen LogP contribution in [0.15, 0.2) is 48.5 Å². The van der Waals surface area contributed by atoms with Gasteiger partial charge in [0.2, 0.25) is 0 Å². The Balaban J connectivity index is 2.43. The Morgan fingerprint density at radius 2 is 1.86 bits per heavy atom. The normalized spacial score (nSPS) is 9.38. The van der Waals surface area contributed by atoms with E-state index in [-0.39, 0.29) is 16.8 Å². The summed E-state index contributed by atoms with van der Waals surface area (Å²) in [5, 5.41) is 11.1. The summed E-state index contributed by atoms with van der Waals surface area (Å²) in [5.74, 6) is 4.98. The van der Waals surface area contributed by atoms with Crippen LogP contribution in [-0.4, -0.2) is 18.0 Å². The molecule has 0 saturated heterocycles. The molecule has 0 radical (unpaired) electrons. The maximum Gasteiger partial charge on any atom is 0.338 e. The third kappa shape index (κ3) is 3.45. The number of nitrogens with zero attached hydrogens (tertiary/aromatic N) is 1. The molecule has 0 atom stereocenters. The van der Waals surface area contributed by atoms with Gasteiger partial charge in [0.25, 0.3) is 5.69 Å². The van der Waals surface area contributed by atoms with Gasteiger partial charge in [-0.1, -0.05) is 30.0 Å². The lowest BCUT2D eigenvalue weighted by atomic mass is 10.1. The molecule has 0 aliphatic carbocycles. The van der Waals surface area contributed by atoms with Crippen LogP contribution in [-0.2, 0) is 4.74 Å². The molecule has 5 nitrogen and oxygen atoms in total. The molecule has 2 aromatic rings. The molecule has 0 N–H and O–H groups in total. The first kappa shape index (κ1) is 14.3. The van der Waals surface area contributed by atoms with E-state index in [0.29, 0.717) is 0 Å². The Morgan fingerprint density at radius 1 is 1.14 bits per heavy atom. The van der Waals surface area contributed by atoms with Crippen LogP contribution < -0.4 is 0 Å². The number of ether oxygens (including phenoxy) is 1. The minimum absolute atomic E-state index is 0.120. The zero-order valence-corrected chi connectivity index (χ0v) is 11.2. The lowest BCUT2D eigenvalue weighted by Gasteiger charge is -2.00. The number of carbonyl (C=O) groups is 1. The standard InChI is InChI=1S/C16H11NO4/c1-21-16(18)14-10-9-13(15(11-14)17(19)20)8-7-12-5-3-2-4-6-12/h2-6,9-11H,1H3. The smallest absolute Gasteiger partial charge is 0.338 e. The Morgan fingerprint density at radius 3 is 2.48 bits per heavy atom. The van der Waals surface area contributed by atoms with Gasteiger partial charge < -0.3 is 4.74 Å². The zero-order valence-electron chi connectivity index (χ0n) is 11.2. The first-order valence-corrected chi connectivity index (χ1v) is 6.05. The summed E-state index contributed by atoms with van der Waals surface area (Å²) >= 11 is 0. The second kappa shape index (κ2) is 6.35. The van der Waals surface area contributed by atoms with E-state index in [2.05, 4.69) is 16.6 Å². The molecule has 5 heteroatoms. The fraction of sp³-hybridized carbons (Fsp3) is 0.0625. The third-order valence-electron chi connectivity index (χ3n) is 2.73. The van der Waals surface area contributed by atoms with E-state index in [0.717, 1.165) is 5.56 Å². The van der Waals surface area contributed by atoms with Crippen LogP contribution in [0.1, 0.15) is 21.5 Å². The highest BCUT2D eigenvalue weighted by molar-refractivity contribution is 5.90. The minimum atomic E-state index is -0.624. The highest BCUT2D eigenvalue weighted by Gasteiger charge is 2.16. The van der Waals surface area contributed by atoms with Gasteiger partial charge in [-0.3, -0.25) is 10.1 Å². The van der Waals surface area contributed by atoms with Crippen molar-refractivity contribution >= 4 is 11.7 Å². The van der Waals surface area contributed by atoms with Gasteiger partial charge >= 0.3 is 5.97 Å². The molecular formula is C16H11NO4. The zero-order chi connectivity index (χ0) is 15.2. The number of esters is 1. The van der Waals surface area contributed by atoms with Crippen LogP contribution in [0, 0.1) is 22.0 Å². The van der Waals surface area contributed by atoms with Crippen molar-refractivity contribution in [3.63, 3.8) is 0 Å². The van der Waals surface area contributed by atoms with Crippen molar-refractivity contribution in [3.05, 3.63) is 75.3 Å². The van der Waals surface area contributed by atoms with Crippen LogP contribution in [0.4, 0.5) is 5.69 Å². The molecule has 21 heavy (non-hydrogen) atoms. The lowest BCUT2D eigenvalue weighted by molar-refractivity contribution is -0.385. The van der Waals surface area contributed by atoms with Crippen LogP contribution in [0.2, 0.25) is 0 Å². The molecule has 0 aliphatic rings. The molecule has 0 spiro atoms. The summed E-state index contributed by atoms with van der Waals surface area (Å²) in [4.78, 5) is 21.9. The molecule has 0 fully saturated rings. The molecule has 0 bridgehead atoms. The van der Waals surface area contributed by atoms with Gasteiger partial charge in [0, 0.05) is 11.6 Å². The van der Waals surface area contributed by atoms with Gasteiger partial charge in [0.15, 0.2) is 0 Å². The molecule has 0 aliphatic heterocycles. The van der Waals surface area contributed by atoms with Gasteiger partial charge in [-0.2, -0.15) is 0 Å². The fourth-order valence-electron chi connectivity index (χ4n) is 1.69. The largest absolute Gasteiger partial charge is 0.465 e. The van der Waals surface area contributed by atoms with E-state index in [4.69, 9.17) is 0 Å². The van der Waals surface area contributed by atoms with Gasteiger partial charge in [0.05, 0.1) is 17.6 Å². The predicted molar refractivity (Wildman–Crippen MR) is 76.9 cm³/mol. The first-order valence-electron chi connectivity index (χ1n) is 6.05. The van der Waals surface area contributed by atoms with Crippen LogP contribution in [0.25, 0.3) is 0 Å². The number of nitro groups is 1. The van der Waals surface area contributed by atoms with E-state index >= 15 is 0 Å². The number of methoxy groups -OCH3 is 1. The number of hydrogen-bond donors (Lipinski definition) is 0. The maximum atomic E-state index is 11.4. The lowest BCUT2D eigenvalue weighted by Crippen LogP contribution is -2.03.